The first-order valence-electron chi connectivity index (χ1n) is 3.93. The largest absolute Gasteiger partial charge is 0.361 e. The van der Waals surface area contributed by atoms with Gasteiger partial charge in [-0.3, -0.25) is 0 Å². The molecule has 0 amide bonds. The van der Waals surface area contributed by atoms with Crippen LogP contribution in [0.3, 0.4) is 0 Å². The summed E-state index contributed by atoms with van der Waals surface area (Å²) in [5.41, 5.74) is 1.01. The zero-order chi connectivity index (χ0) is 9.10. The van der Waals surface area contributed by atoms with Crippen molar-refractivity contribution in [2.75, 3.05) is 0 Å². The minimum Gasteiger partial charge on any atom is -0.361 e. The van der Waals surface area contributed by atoms with E-state index in [1.165, 1.54) is 4.21 Å². The number of rotatable bonds is 3. The first kappa shape index (κ1) is 8.84. The number of aromatic nitrogens is 1. The highest BCUT2D eigenvalue weighted by Crippen LogP contribution is 2.26. The first-order valence-corrected chi connectivity index (χ1v) is 5.79. The van der Waals surface area contributed by atoms with Crippen molar-refractivity contribution in [3.05, 3.63) is 35.0 Å². The van der Waals surface area contributed by atoms with Crippen molar-refractivity contribution in [2.24, 2.45) is 0 Å². The maximum atomic E-state index is 4.97. The van der Waals surface area contributed by atoms with E-state index in [4.69, 9.17) is 4.52 Å². The minimum absolute atomic E-state index is 0.877. The molecule has 13 heavy (non-hydrogen) atoms. The molecule has 0 N–H and O–H groups in total. The fourth-order valence-electron chi connectivity index (χ4n) is 0.977. The van der Waals surface area contributed by atoms with Gasteiger partial charge in [0, 0.05) is 11.8 Å². The Morgan fingerprint density at radius 2 is 2.54 bits per heavy atom. The predicted molar refractivity (Wildman–Crippen MR) is 55.1 cm³/mol. The highest BCUT2D eigenvalue weighted by molar-refractivity contribution is 8.00. The molecule has 0 atom stereocenters. The Morgan fingerprint density at radius 3 is 3.15 bits per heavy atom. The molecule has 0 saturated heterocycles. The average Bonchev–Trinajstić information content (AvgIpc) is 2.71. The van der Waals surface area contributed by atoms with E-state index < -0.39 is 0 Å². The van der Waals surface area contributed by atoms with Gasteiger partial charge in [0.15, 0.2) is 0 Å². The van der Waals surface area contributed by atoms with Gasteiger partial charge < -0.3 is 4.52 Å². The molecule has 0 radical (unpaired) electrons. The Morgan fingerprint density at radius 1 is 1.62 bits per heavy atom. The normalized spacial score (nSPS) is 10.5. The first-order chi connectivity index (χ1) is 6.34. The molecule has 2 rings (SSSR count). The summed E-state index contributed by atoms with van der Waals surface area (Å²) in [5.74, 6) is 1.76. The van der Waals surface area contributed by atoms with Crippen molar-refractivity contribution in [3.63, 3.8) is 0 Å². The van der Waals surface area contributed by atoms with Gasteiger partial charge in [-0.1, -0.05) is 11.2 Å². The average molecular weight is 211 g/mol. The summed E-state index contributed by atoms with van der Waals surface area (Å²) in [6.07, 6.45) is 0. The zero-order valence-electron chi connectivity index (χ0n) is 7.19. The summed E-state index contributed by atoms with van der Waals surface area (Å²) in [6, 6.07) is 6.14. The third kappa shape index (κ3) is 2.35. The van der Waals surface area contributed by atoms with E-state index in [0.717, 1.165) is 17.2 Å². The number of hydrogen-bond donors (Lipinski definition) is 0. The highest BCUT2D eigenvalue weighted by atomic mass is 32.2. The van der Waals surface area contributed by atoms with Gasteiger partial charge in [0.05, 0.1) is 9.90 Å². The number of hydrogen-bond acceptors (Lipinski definition) is 4. The molecule has 2 heterocycles. The smallest absolute Gasteiger partial charge is 0.133 e. The van der Waals surface area contributed by atoms with Gasteiger partial charge in [-0.2, -0.15) is 0 Å². The van der Waals surface area contributed by atoms with E-state index >= 15 is 0 Å². The topological polar surface area (TPSA) is 26.0 Å². The summed E-state index contributed by atoms with van der Waals surface area (Å²) in [4.78, 5) is 0. The fourth-order valence-corrected chi connectivity index (χ4v) is 2.64. The van der Waals surface area contributed by atoms with Crippen LogP contribution in [0.1, 0.15) is 11.5 Å². The predicted octanol–water partition coefficient (Wildman–Crippen LogP) is 3.34. The van der Waals surface area contributed by atoms with Crippen LogP contribution < -0.4 is 0 Å². The molecule has 4 heteroatoms. The molecule has 0 unspecified atom stereocenters. The Balaban J connectivity index is 1.93. The Labute approximate surface area is 84.9 Å². The number of aryl methyl sites for hydroxylation is 1. The summed E-state index contributed by atoms with van der Waals surface area (Å²) < 4.78 is 6.29. The molecule has 0 aliphatic carbocycles. The molecule has 0 saturated carbocycles. The van der Waals surface area contributed by atoms with Crippen molar-refractivity contribution in [1.82, 2.24) is 5.16 Å². The summed E-state index contributed by atoms with van der Waals surface area (Å²) in [5, 5.41) is 6.00. The van der Waals surface area contributed by atoms with E-state index in [0.29, 0.717) is 0 Å². The van der Waals surface area contributed by atoms with Gasteiger partial charge in [-0.05, 0) is 18.4 Å². The summed E-state index contributed by atoms with van der Waals surface area (Å²) >= 11 is 3.54. The molecule has 0 aliphatic rings. The number of thiophene rings is 1. The molecular weight excluding hydrogens is 202 g/mol. The lowest BCUT2D eigenvalue weighted by Gasteiger charge is -1.91. The molecule has 2 aromatic heterocycles. The van der Waals surface area contributed by atoms with Gasteiger partial charge in [0.25, 0.3) is 0 Å². The molecule has 0 aliphatic heterocycles. The third-order valence-electron chi connectivity index (χ3n) is 1.53. The zero-order valence-corrected chi connectivity index (χ0v) is 8.82. The van der Waals surface area contributed by atoms with Crippen molar-refractivity contribution in [2.45, 2.75) is 16.9 Å². The van der Waals surface area contributed by atoms with Gasteiger partial charge in [0.2, 0.25) is 0 Å². The third-order valence-corrected chi connectivity index (χ3v) is 3.70. The SMILES string of the molecule is Cc1cc(CSc2cccs2)no1. The minimum atomic E-state index is 0.877. The van der Waals surface area contributed by atoms with Crippen molar-refractivity contribution < 1.29 is 4.52 Å². The van der Waals surface area contributed by atoms with E-state index in [2.05, 4.69) is 22.7 Å². The summed E-state index contributed by atoms with van der Waals surface area (Å²) in [7, 11) is 0. The molecule has 0 bridgehead atoms. The van der Waals surface area contributed by atoms with Gasteiger partial charge in [0.1, 0.15) is 5.76 Å². The lowest BCUT2D eigenvalue weighted by atomic mass is 10.4. The maximum absolute atomic E-state index is 4.97. The number of thioether (sulfide) groups is 1. The van der Waals surface area contributed by atoms with E-state index in [9.17, 15) is 0 Å². The second kappa shape index (κ2) is 3.98. The second-order valence-corrected chi connectivity index (χ2v) is 4.87. The highest BCUT2D eigenvalue weighted by Gasteiger charge is 2.01. The van der Waals surface area contributed by atoms with Crippen LogP contribution in [0.2, 0.25) is 0 Å². The molecule has 0 aromatic carbocycles. The quantitative estimate of drug-likeness (QED) is 0.728. The molecule has 2 aromatic rings. The van der Waals surface area contributed by atoms with Crippen molar-refractivity contribution in [1.29, 1.82) is 0 Å². The maximum Gasteiger partial charge on any atom is 0.133 e. The van der Waals surface area contributed by atoms with E-state index in [1.807, 2.05) is 13.0 Å². The van der Waals surface area contributed by atoms with Crippen LogP contribution in [0.15, 0.2) is 32.3 Å². The van der Waals surface area contributed by atoms with Crippen LogP contribution in [-0.4, -0.2) is 5.16 Å². The van der Waals surface area contributed by atoms with Crippen LogP contribution in [0, 0.1) is 6.92 Å². The van der Waals surface area contributed by atoms with E-state index in [-0.39, 0.29) is 0 Å². The standard InChI is InChI=1S/C9H9NOS2/c1-7-5-8(10-11-7)6-13-9-3-2-4-12-9/h2-5H,6H2,1H3. The van der Waals surface area contributed by atoms with Crippen LogP contribution in [-0.2, 0) is 5.75 Å². The second-order valence-electron chi connectivity index (χ2n) is 2.65. The van der Waals surface area contributed by atoms with Crippen LogP contribution in [0.5, 0.6) is 0 Å². The number of nitrogens with zero attached hydrogens (tertiary/aromatic N) is 1. The molecule has 68 valence electrons. The fraction of sp³-hybridized carbons (Fsp3) is 0.222. The van der Waals surface area contributed by atoms with Gasteiger partial charge in [-0.25, -0.2) is 0 Å². The summed E-state index contributed by atoms with van der Waals surface area (Å²) in [6.45, 7) is 1.91. The Hall–Kier alpha value is -0.740. The molecular formula is C9H9NOS2. The van der Waals surface area contributed by atoms with Crippen LogP contribution in [0.4, 0.5) is 0 Å². The Kier molecular flexibility index (Phi) is 2.71. The monoisotopic (exact) mass is 211 g/mol. The van der Waals surface area contributed by atoms with Crippen molar-refractivity contribution in [3.8, 4) is 0 Å². The molecule has 0 fully saturated rings. The van der Waals surface area contributed by atoms with Crippen LogP contribution >= 0.6 is 23.1 Å². The lowest BCUT2D eigenvalue weighted by Crippen LogP contribution is -1.76. The molecule has 0 spiro atoms. The van der Waals surface area contributed by atoms with Crippen molar-refractivity contribution >= 4 is 23.1 Å². The van der Waals surface area contributed by atoms with Gasteiger partial charge in [-0.15, -0.1) is 23.1 Å². The van der Waals surface area contributed by atoms with Crippen LogP contribution in [0.25, 0.3) is 0 Å². The Bertz CT molecular complexity index is 367. The van der Waals surface area contributed by atoms with E-state index in [1.54, 1.807) is 23.1 Å². The molecule has 2 nitrogen and oxygen atoms in total. The lowest BCUT2D eigenvalue weighted by molar-refractivity contribution is 0.393. The van der Waals surface area contributed by atoms with Gasteiger partial charge >= 0.3 is 0 Å².